The first-order chi connectivity index (χ1) is 28.8. The van der Waals surface area contributed by atoms with Gasteiger partial charge in [-0.3, -0.25) is 38.6 Å². The van der Waals surface area contributed by atoms with E-state index in [2.05, 4.69) is 31.9 Å². The Morgan fingerprint density at radius 3 is 0.952 bits per heavy atom. The van der Waals surface area contributed by atoms with Crippen LogP contribution in [0.5, 0.6) is 0 Å². The number of rotatable bonds is 9. The van der Waals surface area contributed by atoms with Crippen LogP contribution in [-0.2, 0) is 43.0 Å². The van der Waals surface area contributed by atoms with E-state index in [9.17, 15) is 43.2 Å². The van der Waals surface area contributed by atoms with E-state index in [1.807, 2.05) is 4.90 Å². The van der Waals surface area contributed by atoms with Gasteiger partial charge in [0.25, 0.3) is 0 Å². The summed E-state index contributed by atoms with van der Waals surface area (Å²) in [6.45, 7) is 12.6. The first-order valence-corrected chi connectivity index (χ1v) is 20.8. The molecule has 3 rings (SSSR count). The van der Waals surface area contributed by atoms with Gasteiger partial charge in [-0.15, -0.1) is 0 Å². The molecule has 0 aliphatic carbocycles. The molecular weight excluding hydrogens is 814 g/mol. The van der Waals surface area contributed by atoms with E-state index in [1.54, 1.807) is 62.3 Å². The van der Waals surface area contributed by atoms with Crippen LogP contribution in [0.15, 0.2) is 0 Å². The molecule has 0 saturated carbocycles. The molecular formula is C39H69N11O12. The van der Waals surface area contributed by atoms with Crippen LogP contribution in [0, 0.1) is 0 Å². The van der Waals surface area contributed by atoms with Crippen molar-refractivity contribution in [3.05, 3.63) is 0 Å². The highest BCUT2D eigenvalue weighted by Crippen LogP contribution is 2.09. The second-order valence-corrected chi connectivity index (χ2v) is 17.8. The van der Waals surface area contributed by atoms with Crippen LogP contribution < -0.4 is 31.9 Å². The van der Waals surface area contributed by atoms with Crippen molar-refractivity contribution < 1.29 is 57.4 Å². The topological polar surface area (TPSA) is 270 Å². The minimum atomic E-state index is -0.797. The molecule has 62 heavy (non-hydrogen) atoms. The molecule has 23 nitrogen and oxygen atoms in total. The Morgan fingerprint density at radius 1 is 0.452 bits per heavy atom. The van der Waals surface area contributed by atoms with Crippen LogP contribution in [0.1, 0.15) is 62.3 Å². The quantitative estimate of drug-likeness (QED) is 0.137. The zero-order valence-electron chi connectivity index (χ0n) is 37.9. The van der Waals surface area contributed by atoms with Gasteiger partial charge < -0.3 is 60.8 Å². The molecule has 2 bridgehead atoms. The average molecular weight is 884 g/mol. The van der Waals surface area contributed by atoms with E-state index in [0.29, 0.717) is 0 Å². The van der Waals surface area contributed by atoms with Gasteiger partial charge in [-0.1, -0.05) is 0 Å². The summed E-state index contributed by atoms with van der Waals surface area (Å²) >= 11 is 0. The lowest BCUT2D eigenvalue weighted by Crippen LogP contribution is -2.55. The minimum absolute atomic E-state index is 0.110. The second kappa shape index (κ2) is 24.9. The van der Waals surface area contributed by atoms with Crippen LogP contribution in [-0.4, -0.2) is 213 Å². The van der Waals surface area contributed by atoms with Gasteiger partial charge in [-0.25, -0.2) is 14.4 Å². The number of nitrogens with zero attached hydrogens (tertiary/aromatic N) is 5. The number of hydrogen-bond acceptors (Lipinski definition) is 14. The summed E-state index contributed by atoms with van der Waals surface area (Å²) in [6, 6.07) is 0. The van der Waals surface area contributed by atoms with E-state index in [0.717, 1.165) is 0 Å². The van der Waals surface area contributed by atoms with Crippen LogP contribution in [0.25, 0.3) is 0 Å². The number of hydrogen-bond donors (Lipinski definition) is 6. The largest absolute Gasteiger partial charge is 0.444 e. The fourth-order valence-corrected chi connectivity index (χ4v) is 5.82. The molecule has 0 aromatic heterocycles. The summed E-state index contributed by atoms with van der Waals surface area (Å²) in [5, 5.41) is 16.0. The fraction of sp³-hybridized carbons (Fsp3) is 0.769. The van der Waals surface area contributed by atoms with Gasteiger partial charge in [0.05, 0.1) is 39.3 Å². The SMILES string of the molecule is CC(C)(C)OC(=O)NCCN1CC(=O)NCCN2CCNC(=O)CN(CCNC(=O)OC(C)(C)C)C(=O)CN(CC1=O)CC(=O)N(CCNC(=O)OC(C)(C)C)CC(=O)NCC2. The van der Waals surface area contributed by atoms with Gasteiger partial charge in [0.2, 0.25) is 35.4 Å². The molecule has 352 valence electrons. The number of alkyl carbamates (subject to hydrolysis) is 3. The predicted molar refractivity (Wildman–Crippen MR) is 224 cm³/mol. The predicted octanol–water partition coefficient (Wildman–Crippen LogP) is -1.97. The number of nitrogens with one attached hydrogen (secondary N) is 6. The Bertz CT molecular complexity index is 1390. The van der Waals surface area contributed by atoms with Crippen LogP contribution in [0.2, 0.25) is 0 Å². The summed E-state index contributed by atoms with van der Waals surface area (Å²) in [4.78, 5) is 126. The molecule has 0 spiro atoms. The van der Waals surface area contributed by atoms with Crippen molar-refractivity contribution in [1.82, 2.24) is 56.4 Å². The summed E-state index contributed by atoms with van der Waals surface area (Å²) in [6.07, 6.45) is -2.23. The van der Waals surface area contributed by atoms with E-state index < -0.39 is 110 Å². The lowest BCUT2D eigenvalue weighted by atomic mass is 10.2. The number of fused-ring (bicyclic) bond motifs is 21. The molecule has 0 radical (unpaired) electrons. The maximum atomic E-state index is 14.1. The van der Waals surface area contributed by atoms with Gasteiger partial charge in [0.15, 0.2) is 0 Å². The van der Waals surface area contributed by atoms with E-state index in [4.69, 9.17) is 14.2 Å². The monoisotopic (exact) mass is 884 g/mol. The zero-order chi connectivity index (χ0) is 46.7. The Morgan fingerprint density at radius 2 is 0.710 bits per heavy atom. The molecule has 6 N–H and O–H groups in total. The van der Waals surface area contributed by atoms with Crippen molar-refractivity contribution in [2.24, 2.45) is 0 Å². The molecule has 0 unspecified atom stereocenters. The van der Waals surface area contributed by atoms with Gasteiger partial charge in [0.1, 0.15) is 16.8 Å². The number of carbonyl (C=O) groups excluding carboxylic acids is 9. The molecule has 3 saturated heterocycles. The molecule has 3 fully saturated rings. The Kier molecular flexibility index (Phi) is 21.1. The Labute approximate surface area is 363 Å². The molecule has 23 heteroatoms. The third-order valence-electron chi connectivity index (χ3n) is 8.54. The van der Waals surface area contributed by atoms with Crippen molar-refractivity contribution in [3.8, 4) is 0 Å². The maximum Gasteiger partial charge on any atom is 0.407 e. The smallest absolute Gasteiger partial charge is 0.407 e. The zero-order valence-corrected chi connectivity index (χ0v) is 37.9. The third-order valence-corrected chi connectivity index (χ3v) is 8.54. The highest BCUT2D eigenvalue weighted by molar-refractivity contribution is 5.90. The molecule has 0 atom stereocenters. The van der Waals surface area contributed by atoms with Gasteiger partial charge in [0, 0.05) is 78.5 Å². The summed E-state index contributed by atoms with van der Waals surface area (Å²) in [5.74, 6) is -3.64. The normalized spacial score (nSPS) is 20.0. The third kappa shape index (κ3) is 23.5. The summed E-state index contributed by atoms with van der Waals surface area (Å²) in [7, 11) is 0. The first-order valence-electron chi connectivity index (χ1n) is 20.8. The number of carbonyl (C=O) groups is 9. The minimum Gasteiger partial charge on any atom is -0.444 e. The van der Waals surface area contributed by atoms with Crippen LogP contribution >= 0.6 is 0 Å². The second-order valence-electron chi connectivity index (χ2n) is 17.8. The number of ether oxygens (including phenoxy) is 3. The lowest BCUT2D eigenvalue weighted by Gasteiger charge is -2.31. The summed E-state index contributed by atoms with van der Waals surface area (Å²) < 4.78 is 15.9. The molecule has 0 aromatic rings. The molecule has 0 aromatic carbocycles. The molecule has 3 heterocycles. The van der Waals surface area contributed by atoms with E-state index in [-0.39, 0.29) is 78.5 Å². The van der Waals surface area contributed by atoms with Gasteiger partial charge >= 0.3 is 18.3 Å². The van der Waals surface area contributed by atoms with Crippen molar-refractivity contribution in [3.63, 3.8) is 0 Å². The maximum absolute atomic E-state index is 14.1. The number of amides is 9. The Balaban J connectivity index is 2.57. The Hall–Kier alpha value is -5.45. The standard InChI is InChI=1S/C39H69N11O12/c1-37(2,3)60-34(57)43-13-19-48-22-28(51)40-10-16-46-17-11-41-29(52)23-49(20-14-44-35(58)61-38(4,5)6)32(55)26-47(25-31(48)54)27-33(56)50(24-30(53)42-12-18-46)21-15-45-36(59)62-39(7,8)9/h10-27H2,1-9H3,(H,40,51)(H,41,52)(H,42,53)(H,43,57)(H,44,58)(H,45,59). The lowest BCUT2D eigenvalue weighted by molar-refractivity contribution is -0.143. The average Bonchev–Trinajstić information content (AvgIpc) is 3.10. The van der Waals surface area contributed by atoms with E-state index >= 15 is 0 Å². The first kappa shape index (κ1) is 52.7. The molecule has 9 amide bonds. The highest BCUT2D eigenvalue weighted by Gasteiger charge is 2.29. The van der Waals surface area contributed by atoms with Crippen LogP contribution in [0.3, 0.4) is 0 Å². The van der Waals surface area contributed by atoms with Crippen molar-refractivity contribution in [2.45, 2.75) is 79.1 Å². The van der Waals surface area contributed by atoms with Crippen LogP contribution in [0.4, 0.5) is 14.4 Å². The van der Waals surface area contributed by atoms with Gasteiger partial charge in [-0.05, 0) is 62.3 Å². The molecule has 3 aliphatic rings. The highest BCUT2D eigenvalue weighted by atomic mass is 16.6. The van der Waals surface area contributed by atoms with Crippen molar-refractivity contribution in [2.75, 3.05) is 118 Å². The van der Waals surface area contributed by atoms with E-state index in [1.165, 1.54) is 19.6 Å². The van der Waals surface area contributed by atoms with Crippen molar-refractivity contribution >= 4 is 53.7 Å². The molecule has 3 aliphatic heterocycles. The van der Waals surface area contributed by atoms with Gasteiger partial charge in [-0.2, -0.15) is 0 Å². The fourth-order valence-electron chi connectivity index (χ4n) is 5.82. The summed E-state index contributed by atoms with van der Waals surface area (Å²) in [5.41, 5.74) is -2.39. The van der Waals surface area contributed by atoms with Crippen molar-refractivity contribution in [1.29, 1.82) is 0 Å².